The molecule has 0 saturated carbocycles. The van der Waals surface area contributed by atoms with Gasteiger partial charge in [0.2, 0.25) is 10.0 Å². The van der Waals surface area contributed by atoms with E-state index in [1.165, 1.54) is 29.2 Å². The lowest BCUT2D eigenvalue weighted by atomic mass is 9.64. The summed E-state index contributed by atoms with van der Waals surface area (Å²) in [6.07, 6.45) is 0.534. The normalized spacial score (nSPS) is 24.9. The van der Waals surface area contributed by atoms with Crippen molar-refractivity contribution in [2.75, 3.05) is 25.9 Å². The highest BCUT2D eigenvalue weighted by Gasteiger charge is 2.61. The summed E-state index contributed by atoms with van der Waals surface area (Å²) in [6, 6.07) is 10.5. The summed E-state index contributed by atoms with van der Waals surface area (Å²) < 4.78 is 57.8. The molecule has 14 heteroatoms. The first-order valence-corrected chi connectivity index (χ1v) is 15.1. The minimum Gasteiger partial charge on any atom is -0.465 e. The number of amides is 1. The number of sulfonamides is 1. The van der Waals surface area contributed by atoms with Gasteiger partial charge in [-0.25, -0.2) is 26.4 Å². The van der Waals surface area contributed by atoms with Crippen LogP contribution >= 0.6 is 11.6 Å². The topological polar surface area (TPSA) is 158 Å². The number of hydrogen-bond donors (Lipinski definition) is 2. The minimum absolute atomic E-state index is 0.0395. The van der Waals surface area contributed by atoms with Gasteiger partial charge in [-0.3, -0.25) is 4.98 Å². The number of likely N-dealkylation sites (tertiary alicyclic amines) is 1. The number of sulfone groups is 1. The first-order valence-electron chi connectivity index (χ1n) is 11.4. The number of oxazole rings is 1. The summed E-state index contributed by atoms with van der Waals surface area (Å²) in [4.78, 5) is 27.0. The van der Waals surface area contributed by atoms with Gasteiger partial charge in [-0.05, 0) is 42.5 Å². The molecular formula is C23H24ClN3O8S2. The van der Waals surface area contributed by atoms with E-state index in [4.69, 9.17) is 16.0 Å². The fourth-order valence-corrected chi connectivity index (χ4v) is 8.72. The lowest BCUT2D eigenvalue weighted by Crippen LogP contribution is -2.70. The van der Waals surface area contributed by atoms with Crippen LogP contribution in [0.5, 0.6) is 0 Å². The zero-order valence-corrected chi connectivity index (χ0v) is 22.0. The van der Waals surface area contributed by atoms with Crippen LogP contribution in [0.2, 0.25) is 0 Å². The molecule has 2 N–H and O–H groups in total. The molecule has 2 aliphatic heterocycles. The molecular weight excluding hydrogens is 546 g/mol. The van der Waals surface area contributed by atoms with Crippen LogP contribution in [0.4, 0.5) is 4.79 Å². The van der Waals surface area contributed by atoms with E-state index < -0.39 is 48.5 Å². The van der Waals surface area contributed by atoms with E-state index in [1.807, 2.05) is 0 Å². The van der Waals surface area contributed by atoms with Crippen LogP contribution in [-0.4, -0.2) is 73.6 Å². The van der Waals surface area contributed by atoms with Gasteiger partial charge in [0.1, 0.15) is 5.50 Å². The van der Waals surface area contributed by atoms with E-state index in [9.17, 15) is 31.5 Å². The molecule has 2 fully saturated rings. The van der Waals surface area contributed by atoms with Crippen molar-refractivity contribution in [2.24, 2.45) is 11.3 Å². The zero-order chi connectivity index (χ0) is 26.8. The van der Waals surface area contributed by atoms with Crippen LogP contribution in [0.25, 0.3) is 11.1 Å². The van der Waals surface area contributed by atoms with Gasteiger partial charge in [0, 0.05) is 37.4 Å². The third-order valence-electron chi connectivity index (χ3n) is 7.39. The molecule has 1 spiro atoms. The van der Waals surface area contributed by atoms with Crippen molar-refractivity contribution in [1.82, 2.24) is 14.2 Å². The fourth-order valence-electron chi connectivity index (χ4n) is 5.40. The number of alkyl halides is 1. The summed E-state index contributed by atoms with van der Waals surface area (Å²) in [5.41, 5.74) is -0.775. The number of carboxylic acid groups (broad SMARTS) is 1. The second-order valence-corrected chi connectivity index (χ2v) is 13.8. The number of piperidine rings is 1. The molecule has 3 atom stereocenters. The van der Waals surface area contributed by atoms with Crippen molar-refractivity contribution >= 4 is 48.7 Å². The Kier molecular flexibility index (Phi) is 6.17. The predicted molar refractivity (Wildman–Crippen MR) is 134 cm³/mol. The summed E-state index contributed by atoms with van der Waals surface area (Å²) in [6.45, 7) is 0.305. The summed E-state index contributed by atoms with van der Waals surface area (Å²) in [5.74, 6) is -1.13. The van der Waals surface area contributed by atoms with Crippen LogP contribution in [-0.2, 0) is 26.3 Å². The fraction of sp³-hybridized carbons (Fsp3) is 0.391. The Morgan fingerprint density at radius 2 is 1.95 bits per heavy atom. The molecule has 0 aliphatic carbocycles. The van der Waals surface area contributed by atoms with Crippen LogP contribution in [0.3, 0.4) is 0 Å². The molecule has 0 radical (unpaired) electrons. The van der Waals surface area contributed by atoms with Crippen molar-refractivity contribution in [2.45, 2.75) is 28.1 Å². The van der Waals surface area contributed by atoms with Crippen molar-refractivity contribution in [1.29, 1.82) is 0 Å². The van der Waals surface area contributed by atoms with Crippen LogP contribution in [0.15, 0.2) is 61.5 Å². The van der Waals surface area contributed by atoms with E-state index in [0.717, 1.165) is 10.6 Å². The first-order chi connectivity index (χ1) is 17.3. The van der Waals surface area contributed by atoms with Crippen molar-refractivity contribution in [3.8, 4) is 0 Å². The minimum atomic E-state index is -4.07. The Morgan fingerprint density at radius 1 is 1.22 bits per heavy atom. The first kappa shape index (κ1) is 25.8. The average molecular weight is 570 g/mol. The zero-order valence-electron chi connectivity index (χ0n) is 19.6. The number of aromatic nitrogens is 1. The Balaban J connectivity index is 1.48. The van der Waals surface area contributed by atoms with Crippen LogP contribution in [0.1, 0.15) is 12.0 Å². The Morgan fingerprint density at radius 3 is 2.62 bits per heavy atom. The molecule has 1 aromatic heterocycles. The molecule has 2 saturated heterocycles. The molecule has 3 unspecified atom stereocenters. The highest BCUT2D eigenvalue weighted by molar-refractivity contribution is 7.90. The van der Waals surface area contributed by atoms with E-state index in [-0.39, 0.29) is 41.4 Å². The Labute approximate surface area is 217 Å². The van der Waals surface area contributed by atoms with Crippen molar-refractivity contribution in [3.63, 3.8) is 0 Å². The van der Waals surface area contributed by atoms with Gasteiger partial charge in [-0.1, -0.05) is 18.2 Å². The quantitative estimate of drug-likeness (QED) is 0.350. The molecule has 37 heavy (non-hydrogen) atoms. The van der Waals surface area contributed by atoms with E-state index in [0.29, 0.717) is 17.5 Å². The van der Waals surface area contributed by atoms with Gasteiger partial charge in [0.15, 0.2) is 15.4 Å². The number of hydrogen-bond acceptors (Lipinski definition) is 7. The smallest absolute Gasteiger partial charge is 0.417 e. The average Bonchev–Trinajstić information content (AvgIpc) is 3.21. The standard InChI is InChI=1S/C23H24ClN3O8S2/c1-36(31,32)19-5-3-2-4-14(19)10-15-12-26(22(29)30)9-8-23(15)13-27(20(23)24)37(33,34)16-6-7-17-18(11-16)35-21(28)25-17/h2-7,11,15,20H,8-10,12-13H2,1H3,(H,25,28)(H,29,30). The summed E-state index contributed by atoms with van der Waals surface area (Å²) >= 11 is 6.81. The van der Waals surface area contributed by atoms with Gasteiger partial charge < -0.3 is 14.4 Å². The highest BCUT2D eigenvalue weighted by Crippen LogP contribution is 2.54. The highest BCUT2D eigenvalue weighted by atomic mass is 35.5. The number of benzene rings is 2. The monoisotopic (exact) mass is 569 g/mol. The van der Waals surface area contributed by atoms with Crippen molar-refractivity contribution in [3.05, 3.63) is 58.6 Å². The van der Waals surface area contributed by atoms with Crippen LogP contribution in [0, 0.1) is 11.3 Å². The molecule has 2 aromatic carbocycles. The number of nitrogens with one attached hydrogen (secondary N) is 1. The van der Waals surface area contributed by atoms with Crippen LogP contribution < -0.4 is 5.76 Å². The molecule has 5 rings (SSSR count). The number of fused-ring (bicyclic) bond motifs is 1. The number of aromatic amines is 1. The van der Waals surface area contributed by atoms with Gasteiger partial charge in [-0.2, -0.15) is 4.31 Å². The summed E-state index contributed by atoms with van der Waals surface area (Å²) in [5, 5.41) is 9.61. The third-order valence-corrected chi connectivity index (χ3v) is 11.2. The van der Waals surface area contributed by atoms with Gasteiger partial charge in [0.25, 0.3) is 0 Å². The molecule has 11 nitrogen and oxygen atoms in total. The molecule has 3 aromatic rings. The number of nitrogens with zero attached hydrogens (tertiary/aromatic N) is 2. The maximum Gasteiger partial charge on any atom is 0.417 e. The molecule has 0 bridgehead atoms. The second kappa shape index (κ2) is 8.86. The third kappa shape index (κ3) is 4.33. The molecule has 2 aliphatic rings. The van der Waals surface area contributed by atoms with E-state index >= 15 is 0 Å². The number of halogens is 1. The SMILES string of the molecule is CS(=O)(=O)c1ccccc1CC1CN(C(=O)O)CCC12CN(S(=O)(=O)c1ccc3[nH]c(=O)oc3c1)C2Cl. The van der Waals surface area contributed by atoms with E-state index in [1.54, 1.807) is 18.2 Å². The second-order valence-electron chi connectivity index (χ2n) is 9.55. The Bertz CT molecular complexity index is 1670. The number of carbonyl (C=O) groups is 1. The van der Waals surface area contributed by atoms with Gasteiger partial charge >= 0.3 is 11.8 Å². The summed E-state index contributed by atoms with van der Waals surface area (Å²) in [7, 11) is -7.61. The molecule has 1 amide bonds. The molecule has 198 valence electrons. The van der Waals surface area contributed by atoms with Gasteiger partial charge in [-0.15, -0.1) is 11.6 Å². The maximum absolute atomic E-state index is 13.5. The van der Waals surface area contributed by atoms with E-state index in [2.05, 4.69) is 4.98 Å². The van der Waals surface area contributed by atoms with Crippen molar-refractivity contribution < 1.29 is 31.2 Å². The van der Waals surface area contributed by atoms with Gasteiger partial charge in [0.05, 0.1) is 15.3 Å². The molecule has 3 heterocycles. The number of rotatable bonds is 5. The largest absolute Gasteiger partial charge is 0.465 e. The lowest BCUT2D eigenvalue weighted by Gasteiger charge is -2.60. The Hall–Kier alpha value is -2.87. The predicted octanol–water partition coefficient (Wildman–Crippen LogP) is 2.32. The lowest BCUT2D eigenvalue weighted by molar-refractivity contribution is -0.0671. The number of H-pyrrole nitrogens is 1. The maximum atomic E-state index is 13.5.